The SMILES string of the molecule is COc1cc(C)c(C2CNCCO2)c(C)c1C. The molecule has 1 aliphatic heterocycles. The number of hydrogen-bond donors (Lipinski definition) is 1. The molecule has 3 nitrogen and oxygen atoms in total. The van der Waals surface area contributed by atoms with Crippen LogP contribution < -0.4 is 10.1 Å². The molecular formula is C14H21NO2. The zero-order chi connectivity index (χ0) is 12.4. The maximum atomic E-state index is 5.85. The molecule has 1 heterocycles. The van der Waals surface area contributed by atoms with E-state index in [0.717, 1.165) is 25.4 Å². The third-order valence-corrected chi connectivity index (χ3v) is 3.58. The van der Waals surface area contributed by atoms with Gasteiger partial charge >= 0.3 is 0 Å². The van der Waals surface area contributed by atoms with E-state index in [-0.39, 0.29) is 6.10 Å². The quantitative estimate of drug-likeness (QED) is 0.853. The molecule has 0 radical (unpaired) electrons. The molecule has 0 aromatic heterocycles. The third kappa shape index (κ3) is 2.31. The fraction of sp³-hybridized carbons (Fsp3) is 0.571. The summed E-state index contributed by atoms with van der Waals surface area (Å²) in [5, 5.41) is 3.38. The lowest BCUT2D eigenvalue weighted by Crippen LogP contribution is -2.34. The van der Waals surface area contributed by atoms with Gasteiger partial charge in [-0.2, -0.15) is 0 Å². The van der Waals surface area contributed by atoms with Crippen LogP contribution in [-0.2, 0) is 4.74 Å². The molecule has 1 fully saturated rings. The molecule has 1 unspecified atom stereocenters. The van der Waals surface area contributed by atoms with Gasteiger partial charge in [-0.25, -0.2) is 0 Å². The Morgan fingerprint density at radius 1 is 1.29 bits per heavy atom. The van der Waals surface area contributed by atoms with E-state index < -0.39 is 0 Å². The van der Waals surface area contributed by atoms with Gasteiger partial charge in [-0.1, -0.05) is 0 Å². The van der Waals surface area contributed by atoms with E-state index in [9.17, 15) is 0 Å². The number of aryl methyl sites for hydroxylation is 1. The Hall–Kier alpha value is -1.06. The molecule has 94 valence electrons. The highest BCUT2D eigenvalue weighted by molar-refractivity contribution is 5.49. The van der Waals surface area contributed by atoms with E-state index in [2.05, 4.69) is 32.2 Å². The van der Waals surface area contributed by atoms with Crippen LogP contribution in [0.1, 0.15) is 28.4 Å². The van der Waals surface area contributed by atoms with Crippen molar-refractivity contribution >= 4 is 0 Å². The van der Waals surface area contributed by atoms with Crippen LogP contribution in [0.5, 0.6) is 5.75 Å². The van der Waals surface area contributed by atoms with Crippen LogP contribution in [0.25, 0.3) is 0 Å². The summed E-state index contributed by atoms with van der Waals surface area (Å²) in [5.41, 5.74) is 5.06. The first kappa shape index (κ1) is 12.4. The maximum Gasteiger partial charge on any atom is 0.122 e. The largest absolute Gasteiger partial charge is 0.496 e. The Bertz CT molecular complexity index is 409. The summed E-state index contributed by atoms with van der Waals surface area (Å²) in [6.07, 6.45) is 0.174. The molecule has 1 saturated heterocycles. The number of nitrogens with one attached hydrogen (secondary N) is 1. The van der Waals surface area contributed by atoms with Crippen molar-refractivity contribution in [2.45, 2.75) is 26.9 Å². The van der Waals surface area contributed by atoms with Crippen molar-refractivity contribution in [3.8, 4) is 5.75 Å². The van der Waals surface area contributed by atoms with E-state index >= 15 is 0 Å². The highest BCUT2D eigenvalue weighted by Gasteiger charge is 2.21. The van der Waals surface area contributed by atoms with Gasteiger partial charge in [-0.3, -0.25) is 0 Å². The molecule has 3 heteroatoms. The minimum atomic E-state index is 0.174. The van der Waals surface area contributed by atoms with Crippen molar-refractivity contribution in [2.24, 2.45) is 0 Å². The van der Waals surface area contributed by atoms with Crippen LogP contribution in [0.15, 0.2) is 6.07 Å². The van der Waals surface area contributed by atoms with Gasteiger partial charge in [0.25, 0.3) is 0 Å². The molecule has 1 aliphatic rings. The zero-order valence-corrected chi connectivity index (χ0v) is 11.1. The Morgan fingerprint density at radius 2 is 2.06 bits per heavy atom. The van der Waals surface area contributed by atoms with Gasteiger partial charge in [0.15, 0.2) is 0 Å². The second-order valence-corrected chi connectivity index (χ2v) is 4.62. The first-order chi connectivity index (χ1) is 8.15. The Balaban J connectivity index is 2.42. The molecule has 0 aliphatic carbocycles. The van der Waals surface area contributed by atoms with Crippen molar-refractivity contribution in [1.29, 1.82) is 0 Å². The Morgan fingerprint density at radius 3 is 2.65 bits per heavy atom. The molecule has 1 N–H and O–H groups in total. The van der Waals surface area contributed by atoms with Crippen molar-refractivity contribution in [3.05, 3.63) is 28.3 Å². The first-order valence-electron chi connectivity index (χ1n) is 6.12. The fourth-order valence-electron chi connectivity index (χ4n) is 2.52. The lowest BCUT2D eigenvalue weighted by atomic mass is 9.93. The summed E-state index contributed by atoms with van der Waals surface area (Å²) in [7, 11) is 1.72. The minimum absolute atomic E-state index is 0.174. The van der Waals surface area contributed by atoms with Gasteiger partial charge in [-0.15, -0.1) is 0 Å². The van der Waals surface area contributed by atoms with Gasteiger partial charge in [-0.05, 0) is 49.1 Å². The molecule has 1 atom stereocenters. The van der Waals surface area contributed by atoms with Gasteiger partial charge < -0.3 is 14.8 Å². The molecule has 0 bridgehead atoms. The van der Waals surface area contributed by atoms with Gasteiger partial charge in [0, 0.05) is 13.1 Å². The van der Waals surface area contributed by atoms with Gasteiger partial charge in [0.05, 0.1) is 19.8 Å². The second-order valence-electron chi connectivity index (χ2n) is 4.62. The average Bonchev–Trinajstić information content (AvgIpc) is 2.35. The summed E-state index contributed by atoms with van der Waals surface area (Å²) in [5.74, 6) is 0.965. The summed E-state index contributed by atoms with van der Waals surface area (Å²) < 4.78 is 11.2. The van der Waals surface area contributed by atoms with Crippen LogP contribution in [0, 0.1) is 20.8 Å². The van der Waals surface area contributed by atoms with E-state index in [4.69, 9.17) is 9.47 Å². The molecule has 17 heavy (non-hydrogen) atoms. The van der Waals surface area contributed by atoms with E-state index in [1.54, 1.807) is 7.11 Å². The highest BCUT2D eigenvalue weighted by Crippen LogP contribution is 2.33. The standard InChI is InChI=1S/C14H21NO2/c1-9-7-12(16-4)10(2)11(3)14(9)13-8-15-5-6-17-13/h7,13,15H,5-6,8H2,1-4H3. The number of benzene rings is 1. The van der Waals surface area contributed by atoms with Crippen molar-refractivity contribution in [3.63, 3.8) is 0 Å². The summed E-state index contributed by atoms with van der Waals surface area (Å²) in [4.78, 5) is 0. The minimum Gasteiger partial charge on any atom is -0.496 e. The van der Waals surface area contributed by atoms with Crippen LogP contribution in [0.2, 0.25) is 0 Å². The number of morpholine rings is 1. The average molecular weight is 235 g/mol. The van der Waals surface area contributed by atoms with Crippen molar-refractivity contribution < 1.29 is 9.47 Å². The number of hydrogen-bond acceptors (Lipinski definition) is 3. The maximum absolute atomic E-state index is 5.85. The van der Waals surface area contributed by atoms with Crippen LogP contribution in [-0.4, -0.2) is 26.8 Å². The number of ether oxygens (including phenoxy) is 2. The fourth-order valence-corrected chi connectivity index (χ4v) is 2.52. The molecule has 0 amide bonds. The number of rotatable bonds is 2. The second kappa shape index (κ2) is 5.07. The molecule has 2 rings (SSSR count). The van der Waals surface area contributed by atoms with Gasteiger partial charge in [0.2, 0.25) is 0 Å². The van der Waals surface area contributed by atoms with E-state index in [1.165, 1.54) is 22.3 Å². The Kier molecular flexibility index (Phi) is 3.69. The zero-order valence-electron chi connectivity index (χ0n) is 11.1. The van der Waals surface area contributed by atoms with Crippen LogP contribution >= 0.6 is 0 Å². The third-order valence-electron chi connectivity index (χ3n) is 3.58. The van der Waals surface area contributed by atoms with Crippen molar-refractivity contribution in [2.75, 3.05) is 26.8 Å². The summed E-state index contributed by atoms with van der Waals surface area (Å²) in [6, 6.07) is 2.11. The topological polar surface area (TPSA) is 30.5 Å². The molecule has 0 spiro atoms. The molecular weight excluding hydrogens is 214 g/mol. The lowest BCUT2D eigenvalue weighted by molar-refractivity contribution is 0.0269. The lowest BCUT2D eigenvalue weighted by Gasteiger charge is -2.28. The predicted molar refractivity (Wildman–Crippen MR) is 68.8 cm³/mol. The van der Waals surface area contributed by atoms with E-state index in [1.807, 2.05) is 0 Å². The van der Waals surface area contributed by atoms with E-state index in [0.29, 0.717) is 0 Å². The predicted octanol–water partition coefficient (Wildman–Crippen LogP) is 2.28. The van der Waals surface area contributed by atoms with Crippen LogP contribution in [0.3, 0.4) is 0 Å². The highest BCUT2D eigenvalue weighted by atomic mass is 16.5. The molecule has 0 saturated carbocycles. The van der Waals surface area contributed by atoms with Crippen LogP contribution in [0.4, 0.5) is 0 Å². The summed E-state index contributed by atoms with van der Waals surface area (Å²) >= 11 is 0. The monoisotopic (exact) mass is 235 g/mol. The molecule has 1 aromatic rings. The smallest absolute Gasteiger partial charge is 0.122 e. The normalized spacial score (nSPS) is 20.4. The van der Waals surface area contributed by atoms with Gasteiger partial charge in [0.1, 0.15) is 5.75 Å². The Labute approximate surface area is 103 Å². The summed E-state index contributed by atoms with van der Waals surface area (Å²) in [6.45, 7) is 9.01. The van der Waals surface area contributed by atoms with Crippen molar-refractivity contribution in [1.82, 2.24) is 5.32 Å². The first-order valence-corrected chi connectivity index (χ1v) is 6.12. The molecule has 1 aromatic carbocycles. The number of methoxy groups -OCH3 is 1.